The second-order valence-electron chi connectivity index (χ2n) is 8.40. The second-order valence-corrected chi connectivity index (χ2v) is 10.9. The summed E-state index contributed by atoms with van der Waals surface area (Å²) in [7, 11) is -0.941. The molecule has 3 heterocycles. The molecule has 1 aromatic carbocycles. The molecule has 198 valence electrons. The summed E-state index contributed by atoms with van der Waals surface area (Å²) in [5, 5.41) is 15.3. The number of benzene rings is 1. The number of ketones is 1. The normalized spacial score (nSPS) is 12.3. The van der Waals surface area contributed by atoms with Crippen LogP contribution in [0.15, 0.2) is 65.4 Å². The van der Waals surface area contributed by atoms with E-state index in [0.29, 0.717) is 28.5 Å². The van der Waals surface area contributed by atoms with Gasteiger partial charge in [-0.3, -0.25) is 9.78 Å². The Labute approximate surface area is 230 Å². The Morgan fingerprint density at radius 3 is 2.59 bits per heavy atom. The Bertz CT molecular complexity index is 1790. The number of hydrogen-bond donors (Lipinski definition) is 2. The predicted octanol–water partition coefficient (Wildman–Crippen LogP) is 5.25. The first-order chi connectivity index (χ1) is 19.8. The van der Waals surface area contributed by atoms with E-state index in [1.54, 1.807) is 36.4 Å². The van der Waals surface area contributed by atoms with Crippen LogP contribution in [0.3, 0.4) is 0 Å². The van der Waals surface area contributed by atoms with Crippen molar-refractivity contribution >= 4 is 44.3 Å². The highest BCUT2D eigenvalue weighted by Crippen LogP contribution is 2.38. The van der Waals surface area contributed by atoms with Crippen molar-refractivity contribution in [3.63, 3.8) is 0 Å². The van der Waals surface area contributed by atoms with Crippen LogP contribution in [0.4, 0.5) is 28.8 Å². The Hall–Kier alpha value is -4.89. The molecule has 4 rings (SSSR count). The lowest BCUT2D eigenvalue weighted by Crippen LogP contribution is -2.07. The molecule has 0 radical (unpaired) electrons. The molecule has 0 bridgehead atoms. The highest BCUT2D eigenvalue weighted by molar-refractivity contribution is 7.92. The fourth-order valence-electron chi connectivity index (χ4n) is 3.58. The summed E-state index contributed by atoms with van der Waals surface area (Å²) in [5.41, 5.74) is 1.97. The monoisotopic (exact) mass is 545 g/mol. The number of ether oxygens (including phenoxy) is 1. The molecule has 0 saturated carbocycles. The van der Waals surface area contributed by atoms with Crippen LogP contribution < -0.4 is 15.4 Å². The van der Waals surface area contributed by atoms with Crippen molar-refractivity contribution in [1.82, 2.24) is 19.9 Å². The van der Waals surface area contributed by atoms with Gasteiger partial charge in [0.25, 0.3) is 0 Å². The van der Waals surface area contributed by atoms with Crippen molar-refractivity contribution in [3.05, 3.63) is 72.3 Å². The SMILES string of the molecule is [2H]C([2H])([2H])CC(=O)c1cnc(Nc2cccc(C#N)n2)cc1Nc1cccc(-c2cnc(N=S(C)(C)=O)cn2)c1OC. The van der Waals surface area contributed by atoms with E-state index in [4.69, 9.17) is 14.1 Å². The van der Waals surface area contributed by atoms with Gasteiger partial charge in [-0.1, -0.05) is 19.0 Å². The molecule has 0 saturated heterocycles. The molecule has 0 aliphatic rings. The number of Topliss-reactive ketones (excluding diaryl/α,β-unsaturated/α-hetero) is 1. The number of methoxy groups -OCH3 is 1. The van der Waals surface area contributed by atoms with Crippen LogP contribution in [0, 0.1) is 11.3 Å². The third kappa shape index (κ3) is 6.71. The topological polar surface area (TPSA) is 155 Å². The summed E-state index contributed by atoms with van der Waals surface area (Å²) in [4.78, 5) is 30.1. The molecular weight excluding hydrogens is 516 g/mol. The maximum absolute atomic E-state index is 13.0. The largest absolute Gasteiger partial charge is 0.494 e. The zero-order chi connectivity index (χ0) is 30.5. The van der Waals surface area contributed by atoms with E-state index in [2.05, 4.69) is 34.9 Å². The Balaban J connectivity index is 1.75. The zero-order valence-corrected chi connectivity index (χ0v) is 22.1. The lowest BCUT2D eigenvalue weighted by atomic mass is 10.1. The Kier molecular flexibility index (Phi) is 6.95. The van der Waals surface area contributed by atoms with Gasteiger partial charge in [-0.05, 0) is 24.3 Å². The molecule has 3 aromatic heterocycles. The minimum absolute atomic E-state index is 0.0522. The Morgan fingerprint density at radius 1 is 1.08 bits per heavy atom. The van der Waals surface area contributed by atoms with Gasteiger partial charge in [-0.15, -0.1) is 0 Å². The second kappa shape index (κ2) is 11.7. The van der Waals surface area contributed by atoms with Gasteiger partial charge in [0.15, 0.2) is 17.4 Å². The summed E-state index contributed by atoms with van der Waals surface area (Å²) >= 11 is 0. The molecule has 2 N–H and O–H groups in total. The number of pyridine rings is 2. The standard InChI is InChI=1S/C27H26N8O3S/c1-5-23(36)19-14-30-25(34-24-11-6-8-17(13-28)32-24)12-21(19)33-20-10-7-9-18(27(20)38-2)22-15-31-26(16-29-22)35-39(3,4)37/h6-12,14-16H,5H2,1-4H3,(H2,30,32,33,34)/i1D3. The number of nitriles is 1. The average Bonchev–Trinajstić information content (AvgIpc) is 2.92. The molecule has 0 aliphatic carbocycles. The highest BCUT2D eigenvalue weighted by atomic mass is 32.2. The van der Waals surface area contributed by atoms with E-state index in [1.165, 1.54) is 44.3 Å². The molecule has 0 amide bonds. The average molecular weight is 546 g/mol. The van der Waals surface area contributed by atoms with Crippen LogP contribution in [-0.2, 0) is 9.73 Å². The lowest BCUT2D eigenvalue weighted by Gasteiger charge is -2.17. The number of hydrogen-bond acceptors (Lipinski definition) is 11. The fraction of sp³-hybridized carbons (Fsp3) is 0.185. The number of carbonyl (C=O) groups is 1. The van der Waals surface area contributed by atoms with Crippen LogP contribution in [0.25, 0.3) is 11.3 Å². The quantitative estimate of drug-likeness (QED) is 0.266. The first kappa shape index (κ1) is 23.2. The number of para-hydroxylation sites is 1. The fourth-order valence-corrected chi connectivity index (χ4v) is 4.12. The third-order valence-corrected chi connectivity index (χ3v) is 5.83. The van der Waals surface area contributed by atoms with Crippen LogP contribution >= 0.6 is 0 Å². The van der Waals surface area contributed by atoms with Crippen LogP contribution in [-0.4, -0.2) is 49.5 Å². The van der Waals surface area contributed by atoms with Crippen molar-refractivity contribution in [2.24, 2.45) is 4.36 Å². The van der Waals surface area contributed by atoms with E-state index in [-0.39, 0.29) is 28.6 Å². The number of nitrogens with one attached hydrogen (secondary N) is 2. The van der Waals surface area contributed by atoms with Crippen LogP contribution in [0.1, 0.15) is 33.4 Å². The predicted molar refractivity (Wildman–Crippen MR) is 150 cm³/mol. The van der Waals surface area contributed by atoms with Gasteiger partial charge in [0.2, 0.25) is 0 Å². The van der Waals surface area contributed by atoms with Crippen molar-refractivity contribution in [3.8, 4) is 23.1 Å². The molecule has 0 aliphatic heterocycles. The van der Waals surface area contributed by atoms with Gasteiger partial charge in [-0.25, -0.2) is 19.2 Å². The van der Waals surface area contributed by atoms with E-state index < -0.39 is 28.8 Å². The minimum atomic E-state index is -2.48. The highest BCUT2D eigenvalue weighted by Gasteiger charge is 2.17. The number of carbonyl (C=O) groups excluding carboxylic acids is 1. The maximum atomic E-state index is 13.0. The molecule has 0 spiro atoms. The van der Waals surface area contributed by atoms with Gasteiger partial charge < -0.3 is 15.4 Å². The van der Waals surface area contributed by atoms with Crippen LogP contribution in [0.2, 0.25) is 0 Å². The lowest BCUT2D eigenvalue weighted by molar-refractivity contribution is 0.0988. The summed E-state index contributed by atoms with van der Waals surface area (Å²) in [6.45, 7) is -2.48. The van der Waals surface area contributed by atoms with Crippen molar-refractivity contribution in [2.75, 3.05) is 30.3 Å². The van der Waals surface area contributed by atoms with E-state index >= 15 is 0 Å². The maximum Gasteiger partial charge on any atom is 0.180 e. The molecule has 0 atom stereocenters. The van der Waals surface area contributed by atoms with E-state index in [1.807, 2.05) is 6.07 Å². The van der Waals surface area contributed by atoms with Gasteiger partial charge in [0.05, 0.1) is 42.1 Å². The number of aromatic nitrogens is 4. The number of rotatable bonds is 9. The third-order valence-electron chi connectivity index (χ3n) is 5.20. The van der Waals surface area contributed by atoms with E-state index in [9.17, 15) is 9.00 Å². The van der Waals surface area contributed by atoms with Crippen LogP contribution in [0.5, 0.6) is 5.75 Å². The van der Waals surface area contributed by atoms with Crippen molar-refractivity contribution < 1.29 is 17.9 Å². The molecule has 39 heavy (non-hydrogen) atoms. The molecule has 4 aromatic rings. The summed E-state index contributed by atoms with van der Waals surface area (Å²) < 4.78 is 44.4. The molecule has 0 fully saturated rings. The zero-order valence-electron chi connectivity index (χ0n) is 24.3. The molecule has 0 unspecified atom stereocenters. The summed E-state index contributed by atoms with van der Waals surface area (Å²) in [6.07, 6.45) is 6.47. The first-order valence-corrected chi connectivity index (χ1v) is 13.8. The minimum Gasteiger partial charge on any atom is -0.494 e. The summed E-state index contributed by atoms with van der Waals surface area (Å²) in [6, 6.07) is 13.6. The van der Waals surface area contributed by atoms with Gasteiger partial charge >= 0.3 is 0 Å². The van der Waals surface area contributed by atoms with Crippen molar-refractivity contribution in [2.45, 2.75) is 13.3 Å². The van der Waals surface area contributed by atoms with Crippen molar-refractivity contribution in [1.29, 1.82) is 5.26 Å². The number of nitrogens with zero attached hydrogens (tertiary/aromatic N) is 6. The Morgan fingerprint density at radius 2 is 1.90 bits per heavy atom. The summed E-state index contributed by atoms with van der Waals surface area (Å²) in [5.74, 6) is 0.602. The van der Waals surface area contributed by atoms with Gasteiger partial charge in [0, 0.05) is 50.6 Å². The number of anilines is 4. The van der Waals surface area contributed by atoms with Gasteiger partial charge in [-0.2, -0.15) is 9.62 Å². The molecular formula is C27H26N8O3S. The molecule has 12 heteroatoms. The first-order valence-electron chi connectivity index (χ1n) is 13.0. The molecule has 11 nitrogen and oxygen atoms in total. The van der Waals surface area contributed by atoms with Gasteiger partial charge in [0.1, 0.15) is 23.4 Å². The van der Waals surface area contributed by atoms with E-state index in [0.717, 1.165) is 0 Å². The smallest absolute Gasteiger partial charge is 0.180 e.